The summed E-state index contributed by atoms with van der Waals surface area (Å²) >= 11 is 5.81. The van der Waals surface area contributed by atoms with Gasteiger partial charge in [0.05, 0.1) is 10.8 Å². The number of anilines is 1. The zero-order valence-electron chi connectivity index (χ0n) is 13.9. The molecule has 1 aliphatic rings. The summed E-state index contributed by atoms with van der Waals surface area (Å²) in [6.07, 6.45) is 1.19. The maximum atomic E-state index is 13.0. The lowest BCUT2D eigenvalue weighted by Gasteiger charge is -2.31. The topological polar surface area (TPSA) is 66.5 Å². The van der Waals surface area contributed by atoms with Crippen molar-refractivity contribution in [3.8, 4) is 0 Å². The number of amides is 1. The quantitative estimate of drug-likeness (QED) is 0.859. The van der Waals surface area contributed by atoms with Crippen LogP contribution in [0.15, 0.2) is 53.4 Å². The molecule has 1 amide bonds. The highest BCUT2D eigenvalue weighted by molar-refractivity contribution is 7.89. The van der Waals surface area contributed by atoms with Gasteiger partial charge >= 0.3 is 0 Å². The number of rotatable bonds is 4. The van der Waals surface area contributed by atoms with Crippen LogP contribution in [-0.4, -0.2) is 31.7 Å². The van der Waals surface area contributed by atoms with E-state index in [1.54, 1.807) is 0 Å². The molecule has 1 aliphatic heterocycles. The second-order valence-electron chi connectivity index (χ2n) is 6.15. The van der Waals surface area contributed by atoms with Gasteiger partial charge in [-0.2, -0.15) is 4.31 Å². The van der Waals surface area contributed by atoms with E-state index in [1.807, 2.05) is 0 Å². The van der Waals surface area contributed by atoms with Crippen molar-refractivity contribution in [2.75, 3.05) is 18.4 Å². The Morgan fingerprint density at radius 1 is 1.12 bits per heavy atom. The van der Waals surface area contributed by atoms with E-state index in [9.17, 15) is 17.6 Å². The van der Waals surface area contributed by atoms with Gasteiger partial charge in [-0.15, -0.1) is 0 Å². The third kappa shape index (κ3) is 4.23. The zero-order valence-corrected chi connectivity index (χ0v) is 15.4. The number of piperidine rings is 1. The summed E-state index contributed by atoms with van der Waals surface area (Å²) in [5, 5.41) is 3.17. The zero-order chi connectivity index (χ0) is 18.7. The Hall–Kier alpha value is -1.96. The van der Waals surface area contributed by atoms with Crippen molar-refractivity contribution in [1.82, 2.24) is 4.31 Å². The van der Waals surface area contributed by atoms with Crippen molar-refractivity contribution >= 4 is 33.2 Å². The Bertz CT molecular complexity index is 886. The van der Waals surface area contributed by atoms with Gasteiger partial charge in [0, 0.05) is 23.8 Å². The van der Waals surface area contributed by atoms with Crippen molar-refractivity contribution in [1.29, 1.82) is 0 Å². The van der Waals surface area contributed by atoms with E-state index in [-0.39, 0.29) is 23.2 Å². The molecule has 0 radical (unpaired) electrons. The summed E-state index contributed by atoms with van der Waals surface area (Å²) in [5.41, 5.74) is 0.481. The third-order valence-electron chi connectivity index (χ3n) is 4.32. The third-order valence-corrected chi connectivity index (χ3v) is 6.45. The SMILES string of the molecule is O=C(Nc1ccc(F)cc1)[C@@H]1CCCN(S(=O)(=O)c2ccc(Cl)cc2)C1. The van der Waals surface area contributed by atoms with Gasteiger partial charge in [0.25, 0.3) is 0 Å². The Morgan fingerprint density at radius 2 is 1.77 bits per heavy atom. The average Bonchev–Trinajstić information content (AvgIpc) is 2.64. The fourth-order valence-corrected chi connectivity index (χ4v) is 4.56. The number of halogens is 2. The van der Waals surface area contributed by atoms with E-state index in [2.05, 4.69) is 5.32 Å². The first kappa shape index (κ1) is 18.8. The standard InChI is InChI=1S/C18H18ClFN2O3S/c19-14-3-9-17(10-4-14)26(24,25)22-11-1-2-13(12-22)18(23)21-16-7-5-15(20)6-8-16/h3-10,13H,1-2,11-12H2,(H,21,23)/t13-/m1/s1. The van der Waals surface area contributed by atoms with Gasteiger partial charge in [-0.05, 0) is 61.4 Å². The van der Waals surface area contributed by atoms with E-state index in [0.717, 1.165) is 0 Å². The van der Waals surface area contributed by atoms with Crippen molar-refractivity contribution in [3.05, 3.63) is 59.4 Å². The van der Waals surface area contributed by atoms with Gasteiger partial charge in [-0.3, -0.25) is 4.79 Å². The Kier molecular flexibility index (Phi) is 5.60. The van der Waals surface area contributed by atoms with E-state index in [4.69, 9.17) is 11.6 Å². The molecule has 1 N–H and O–H groups in total. The van der Waals surface area contributed by atoms with Crippen LogP contribution in [0.2, 0.25) is 5.02 Å². The molecule has 1 saturated heterocycles. The first-order valence-corrected chi connectivity index (χ1v) is 10.0. The van der Waals surface area contributed by atoms with E-state index in [0.29, 0.717) is 30.1 Å². The molecule has 2 aromatic carbocycles. The number of nitrogens with one attached hydrogen (secondary N) is 1. The summed E-state index contributed by atoms with van der Waals surface area (Å²) in [5.74, 6) is -1.12. The molecule has 138 valence electrons. The number of carbonyl (C=O) groups is 1. The number of benzene rings is 2. The van der Waals surface area contributed by atoms with E-state index < -0.39 is 15.9 Å². The molecule has 1 heterocycles. The summed E-state index contributed by atoms with van der Waals surface area (Å²) in [4.78, 5) is 12.6. The highest BCUT2D eigenvalue weighted by atomic mass is 35.5. The van der Waals surface area contributed by atoms with Crippen molar-refractivity contribution in [2.24, 2.45) is 5.92 Å². The van der Waals surface area contributed by atoms with Crippen LogP contribution in [0.3, 0.4) is 0 Å². The minimum absolute atomic E-state index is 0.109. The molecule has 0 aliphatic carbocycles. The maximum absolute atomic E-state index is 13.0. The lowest BCUT2D eigenvalue weighted by atomic mass is 9.99. The van der Waals surface area contributed by atoms with Crippen LogP contribution < -0.4 is 5.32 Å². The van der Waals surface area contributed by atoms with Crippen LogP contribution in [0.4, 0.5) is 10.1 Å². The average molecular weight is 397 g/mol. The molecule has 5 nitrogen and oxygen atoms in total. The normalized spacial score (nSPS) is 18.5. The molecule has 0 aromatic heterocycles. The lowest BCUT2D eigenvalue weighted by molar-refractivity contribution is -0.120. The molecular formula is C18H18ClFN2O3S. The highest BCUT2D eigenvalue weighted by Gasteiger charge is 2.33. The van der Waals surface area contributed by atoms with Gasteiger partial charge in [0.1, 0.15) is 5.82 Å². The summed E-state index contributed by atoms with van der Waals surface area (Å²) in [6, 6.07) is 11.4. The molecule has 0 spiro atoms. The van der Waals surface area contributed by atoms with E-state index in [1.165, 1.54) is 52.8 Å². The van der Waals surface area contributed by atoms with E-state index >= 15 is 0 Å². The second kappa shape index (κ2) is 7.73. The number of carbonyl (C=O) groups excluding carboxylic acids is 1. The fraction of sp³-hybridized carbons (Fsp3) is 0.278. The minimum Gasteiger partial charge on any atom is -0.326 e. The molecule has 0 unspecified atom stereocenters. The smallest absolute Gasteiger partial charge is 0.243 e. The number of hydrogen-bond acceptors (Lipinski definition) is 3. The largest absolute Gasteiger partial charge is 0.326 e. The predicted octanol–water partition coefficient (Wildman–Crippen LogP) is 3.52. The minimum atomic E-state index is -3.68. The van der Waals surface area contributed by atoms with Crippen LogP contribution >= 0.6 is 11.6 Å². The second-order valence-corrected chi connectivity index (χ2v) is 8.53. The Balaban J connectivity index is 1.71. The predicted molar refractivity (Wildman–Crippen MR) is 98.0 cm³/mol. The lowest BCUT2D eigenvalue weighted by Crippen LogP contribution is -2.43. The first-order chi connectivity index (χ1) is 12.4. The Labute approximate surface area is 156 Å². The number of nitrogens with zero attached hydrogens (tertiary/aromatic N) is 1. The molecule has 1 atom stereocenters. The van der Waals surface area contributed by atoms with Gasteiger partial charge in [-0.1, -0.05) is 11.6 Å². The monoisotopic (exact) mass is 396 g/mol. The van der Waals surface area contributed by atoms with Gasteiger partial charge in [0.15, 0.2) is 0 Å². The van der Waals surface area contributed by atoms with Crippen molar-refractivity contribution in [3.63, 3.8) is 0 Å². The Morgan fingerprint density at radius 3 is 2.42 bits per heavy atom. The van der Waals surface area contributed by atoms with Gasteiger partial charge in [-0.25, -0.2) is 12.8 Å². The van der Waals surface area contributed by atoms with Crippen molar-refractivity contribution in [2.45, 2.75) is 17.7 Å². The van der Waals surface area contributed by atoms with Crippen LogP contribution in [0, 0.1) is 11.7 Å². The molecule has 8 heteroatoms. The molecule has 0 bridgehead atoms. The molecule has 26 heavy (non-hydrogen) atoms. The first-order valence-electron chi connectivity index (χ1n) is 8.18. The van der Waals surface area contributed by atoms with Gasteiger partial charge < -0.3 is 5.32 Å². The molecular weight excluding hydrogens is 379 g/mol. The van der Waals surface area contributed by atoms with Crippen LogP contribution in [0.5, 0.6) is 0 Å². The summed E-state index contributed by atoms with van der Waals surface area (Å²) in [7, 11) is -3.68. The van der Waals surface area contributed by atoms with Crippen LogP contribution in [-0.2, 0) is 14.8 Å². The summed E-state index contributed by atoms with van der Waals surface area (Å²) < 4.78 is 39.8. The maximum Gasteiger partial charge on any atom is 0.243 e. The summed E-state index contributed by atoms with van der Waals surface area (Å²) in [6.45, 7) is 0.475. The van der Waals surface area contributed by atoms with Crippen LogP contribution in [0.25, 0.3) is 0 Å². The molecule has 3 rings (SSSR count). The number of hydrogen-bond donors (Lipinski definition) is 1. The molecule has 2 aromatic rings. The highest BCUT2D eigenvalue weighted by Crippen LogP contribution is 2.25. The number of sulfonamides is 1. The van der Waals surface area contributed by atoms with Crippen molar-refractivity contribution < 1.29 is 17.6 Å². The molecule has 1 fully saturated rings. The van der Waals surface area contributed by atoms with Gasteiger partial charge in [0.2, 0.25) is 15.9 Å². The fourth-order valence-electron chi connectivity index (χ4n) is 2.91. The molecule has 0 saturated carbocycles. The van der Waals surface area contributed by atoms with Crippen LogP contribution in [0.1, 0.15) is 12.8 Å².